The first-order chi connectivity index (χ1) is 14.7. The molecular formula is C18H14ClF3N4O5. The Morgan fingerprint density at radius 2 is 2.03 bits per heavy atom. The Bertz CT molecular complexity index is 1180. The molecule has 0 spiro atoms. The number of hydrogen-bond acceptors (Lipinski definition) is 7. The number of methoxy groups -OCH3 is 1. The first kappa shape index (κ1) is 22.2. The topological polar surface area (TPSA) is 97.5 Å². The van der Waals surface area contributed by atoms with Crippen LogP contribution in [0.5, 0.6) is 17.4 Å². The summed E-state index contributed by atoms with van der Waals surface area (Å²) in [6.45, 7) is -2.43. The third kappa shape index (κ3) is 4.63. The average molecular weight is 459 g/mol. The predicted molar refractivity (Wildman–Crippen MR) is 101 cm³/mol. The fraction of sp³-hybridized carbons (Fsp3) is 0.222. The standard InChI is InChI=1S/C18H14ClF3N4O5/c1-9-24-26(18(28)25(9)17(21)22)12-7-14(10(19)6-11(12)20)31-13-4-3-5-23-16(13)30-8-15(27)29-2/h3-7,17H,8H2,1-2H3. The zero-order chi connectivity index (χ0) is 22.7. The summed E-state index contributed by atoms with van der Waals surface area (Å²) in [5.41, 5.74) is -1.71. The maximum Gasteiger partial charge on any atom is 0.355 e. The number of halogens is 4. The van der Waals surface area contributed by atoms with Crippen LogP contribution >= 0.6 is 11.6 Å². The molecule has 0 saturated heterocycles. The van der Waals surface area contributed by atoms with Gasteiger partial charge in [0, 0.05) is 12.3 Å². The maximum atomic E-state index is 14.5. The van der Waals surface area contributed by atoms with E-state index in [4.69, 9.17) is 21.1 Å². The van der Waals surface area contributed by atoms with Gasteiger partial charge in [-0.2, -0.15) is 13.5 Å². The quantitative estimate of drug-likeness (QED) is 0.501. The molecule has 0 bridgehead atoms. The first-order valence-electron chi connectivity index (χ1n) is 8.51. The van der Waals surface area contributed by atoms with Crippen molar-refractivity contribution < 1.29 is 32.2 Å². The van der Waals surface area contributed by atoms with Gasteiger partial charge in [0.15, 0.2) is 18.2 Å². The van der Waals surface area contributed by atoms with Gasteiger partial charge in [-0.15, -0.1) is 5.10 Å². The lowest BCUT2D eigenvalue weighted by Gasteiger charge is -2.13. The van der Waals surface area contributed by atoms with Crippen molar-refractivity contribution in [2.45, 2.75) is 13.5 Å². The average Bonchev–Trinajstić information content (AvgIpc) is 3.02. The second kappa shape index (κ2) is 9.08. The van der Waals surface area contributed by atoms with Crippen molar-refractivity contribution in [3.8, 4) is 23.1 Å². The molecule has 0 radical (unpaired) electrons. The van der Waals surface area contributed by atoms with Crippen LogP contribution in [0.15, 0.2) is 35.3 Å². The van der Waals surface area contributed by atoms with E-state index in [2.05, 4.69) is 14.8 Å². The van der Waals surface area contributed by atoms with Crippen LogP contribution in [0.3, 0.4) is 0 Å². The molecule has 0 aliphatic rings. The predicted octanol–water partition coefficient (Wildman–Crippen LogP) is 3.27. The molecule has 0 fully saturated rings. The van der Waals surface area contributed by atoms with Crippen molar-refractivity contribution in [3.05, 3.63) is 57.6 Å². The summed E-state index contributed by atoms with van der Waals surface area (Å²) >= 11 is 6.03. The number of alkyl halides is 2. The fourth-order valence-electron chi connectivity index (χ4n) is 2.48. The van der Waals surface area contributed by atoms with Crippen LogP contribution in [0.25, 0.3) is 5.69 Å². The number of carbonyl (C=O) groups is 1. The number of esters is 1. The molecule has 0 aliphatic heterocycles. The van der Waals surface area contributed by atoms with Crippen molar-refractivity contribution >= 4 is 17.6 Å². The van der Waals surface area contributed by atoms with Crippen molar-refractivity contribution in [2.24, 2.45) is 0 Å². The number of benzene rings is 1. The van der Waals surface area contributed by atoms with Crippen LogP contribution in [0.1, 0.15) is 12.4 Å². The number of nitrogens with zero attached hydrogens (tertiary/aromatic N) is 4. The van der Waals surface area contributed by atoms with Gasteiger partial charge in [-0.3, -0.25) is 0 Å². The molecule has 0 amide bonds. The summed E-state index contributed by atoms with van der Waals surface area (Å²) in [6.07, 6.45) is 1.37. The largest absolute Gasteiger partial charge is 0.466 e. The fourth-order valence-corrected chi connectivity index (χ4v) is 2.67. The molecule has 0 atom stereocenters. The minimum absolute atomic E-state index is 0.00694. The zero-order valence-corrected chi connectivity index (χ0v) is 16.8. The van der Waals surface area contributed by atoms with E-state index in [1.54, 1.807) is 0 Å². The molecule has 1 aromatic carbocycles. The summed E-state index contributed by atoms with van der Waals surface area (Å²) in [5, 5.41) is 3.48. The Hall–Kier alpha value is -3.54. The van der Waals surface area contributed by atoms with E-state index in [9.17, 15) is 22.8 Å². The summed E-state index contributed by atoms with van der Waals surface area (Å²) in [5.74, 6) is -2.21. The Kier molecular flexibility index (Phi) is 6.49. The number of carbonyl (C=O) groups excluding carboxylic acids is 1. The second-order valence-electron chi connectivity index (χ2n) is 5.90. The normalized spacial score (nSPS) is 10.9. The smallest absolute Gasteiger partial charge is 0.355 e. The summed E-state index contributed by atoms with van der Waals surface area (Å²) < 4.78 is 56.5. The van der Waals surface area contributed by atoms with Gasteiger partial charge in [0.2, 0.25) is 0 Å². The van der Waals surface area contributed by atoms with Gasteiger partial charge in [-0.05, 0) is 25.1 Å². The van der Waals surface area contributed by atoms with E-state index in [1.807, 2.05) is 0 Å². The van der Waals surface area contributed by atoms with Gasteiger partial charge in [0.25, 0.3) is 5.88 Å². The van der Waals surface area contributed by atoms with E-state index < -0.39 is 36.3 Å². The highest BCUT2D eigenvalue weighted by Crippen LogP contribution is 2.36. The van der Waals surface area contributed by atoms with Gasteiger partial charge < -0.3 is 14.2 Å². The van der Waals surface area contributed by atoms with Gasteiger partial charge >= 0.3 is 18.2 Å². The van der Waals surface area contributed by atoms with Crippen LogP contribution < -0.4 is 15.2 Å². The number of rotatable bonds is 7. The third-order valence-corrected chi connectivity index (χ3v) is 4.21. The minimum atomic E-state index is -3.16. The van der Waals surface area contributed by atoms with E-state index in [1.165, 1.54) is 32.4 Å². The van der Waals surface area contributed by atoms with Crippen LogP contribution in [0.2, 0.25) is 5.02 Å². The number of aryl methyl sites for hydroxylation is 1. The molecule has 0 aliphatic carbocycles. The van der Waals surface area contributed by atoms with Crippen molar-refractivity contribution in [1.29, 1.82) is 0 Å². The Labute approximate surface area is 177 Å². The molecular weight excluding hydrogens is 445 g/mol. The highest BCUT2D eigenvalue weighted by Gasteiger charge is 2.22. The first-order valence-corrected chi connectivity index (χ1v) is 8.89. The molecule has 2 heterocycles. The third-order valence-electron chi connectivity index (χ3n) is 3.92. The van der Waals surface area contributed by atoms with Crippen molar-refractivity contribution in [2.75, 3.05) is 13.7 Å². The number of ether oxygens (including phenoxy) is 3. The highest BCUT2D eigenvalue weighted by atomic mass is 35.5. The lowest BCUT2D eigenvalue weighted by molar-refractivity contribution is -0.143. The Balaban J connectivity index is 2.00. The maximum absolute atomic E-state index is 14.5. The summed E-state index contributed by atoms with van der Waals surface area (Å²) in [4.78, 5) is 27.5. The molecule has 2 aromatic heterocycles. The van der Waals surface area contributed by atoms with Crippen molar-refractivity contribution in [3.63, 3.8) is 0 Å². The van der Waals surface area contributed by atoms with E-state index >= 15 is 0 Å². The SMILES string of the molecule is COC(=O)COc1ncccc1Oc1cc(-n2nc(C)n(C(F)F)c2=O)c(F)cc1Cl. The Morgan fingerprint density at radius 1 is 1.29 bits per heavy atom. The molecule has 0 saturated carbocycles. The molecule has 9 nitrogen and oxygen atoms in total. The van der Waals surface area contributed by atoms with Gasteiger partial charge in [-0.1, -0.05) is 11.6 Å². The molecule has 3 rings (SSSR count). The number of hydrogen-bond donors (Lipinski definition) is 0. The zero-order valence-electron chi connectivity index (χ0n) is 16.0. The van der Waals surface area contributed by atoms with Crippen LogP contribution in [0.4, 0.5) is 13.2 Å². The highest BCUT2D eigenvalue weighted by molar-refractivity contribution is 6.32. The number of aromatic nitrogens is 4. The molecule has 31 heavy (non-hydrogen) atoms. The monoisotopic (exact) mass is 458 g/mol. The lowest BCUT2D eigenvalue weighted by Crippen LogP contribution is -2.25. The lowest BCUT2D eigenvalue weighted by atomic mass is 10.3. The Morgan fingerprint density at radius 3 is 2.68 bits per heavy atom. The summed E-state index contributed by atoms with van der Waals surface area (Å²) in [7, 11) is 1.18. The molecule has 13 heteroatoms. The van der Waals surface area contributed by atoms with Gasteiger partial charge in [-0.25, -0.2) is 23.5 Å². The van der Waals surface area contributed by atoms with E-state index in [-0.39, 0.29) is 32.8 Å². The van der Waals surface area contributed by atoms with Crippen molar-refractivity contribution in [1.82, 2.24) is 19.3 Å². The van der Waals surface area contributed by atoms with Crippen LogP contribution in [-0.2, 0) is 9.53 Å². The van der Waals surface area contributed by atoms with Gasteiger partial charge in [0.05, 0.1) is 12.1 Å². The molecule has 0 unspecified atom stereocenters. The minimum Gasteiger partial charge on any atom is -0.466 e. The number of pyridine rings is 1. The van der Waals surface area contributed by atoms with E-state index in [0.717, 1.165) is 12.1 Å². The second-order valence-corrected chi connectivity index (χ2v) is 6.30. The molecule has 3 aromatic rings. The molecule has 164 valence electrons. The summed E-state index contributed by atoms with van der Waals surface area (Å²) in [6, 6.07) is 4.77. The van der Waals surface area contributed by atoms with Gasteiger partial charge in [0.1, 0.15) is 17.3 Å². The van der Waals surface area contributed by atoms with Crippen LogP contribution in [0, 0.1) is 12.7 Å². The van der Waals surface area contributed by atoms with Crippen LogP contribution in [-0.4, -0.2) is 39.0 Å². The molecule has 0 N–H and O–H groups in total. The van der Waals surface area contributed by atoms with E-state index in [0.29, 0.717) is 4.68 Å².